The van der Waals surface area contributed by atoms with Gasteiger partial charge in [-0.05, 0) is 177 Å². The van der Waals surface area contributed by atoms with E-state index in [1.807, 2.05) is 98.8 Å². The van der Waals surface area contributed by atoms with Crippen LogP contribution in [-0.2, 0) is 71.7 Å². The van der Waals surface area contributed by atoms with E-state index in [1.165, 1.54) is 12.2 Å². The zero-order valence-corrected chi connectivity index (χ0v) is 54.4. The maximum absolute atomic E-state index is 13.8. The lowest BCUT2D eigenvalue weighted by atomic mass is 10.0. The van der Waals surface area contributed by atoms with Crippen molar-refractivity contribution >= 4 is 56.9 Å². The van der Waals surface area contributed by atoms with E-state index in [4.69, 9.17) is 33.4 Å². The van der Waals surface area contributed by atoms with Crippen LogP contribution in [0.1, 0.15) is 99.0 Å². The van der Waals surface area contributed by atoms with Crippen molar-refractivity contribution in [1.82, 2.24) is 19.1 Å². The summed E-state index contributed by atoms with van der Waals surface area (Å²) >= 11 is 0. The highest BCUT2D eigenvalue weighted by atomic mass is 32.2. The Morgan fingerprint density at radius 1 is 0.522 bits per heavy atom. The molecule has 16 nitrogen and oxygen atoms in total. The SMILES string of the molecule is CCCCOCCOc1ccc(-c2ccc(OC)c(/C=C/C(=O)Nc3ccc(S(=O)Cc4c(C)nc(CCCCOCCOc5ccc(-c6ccc(OC)c(/C=C/C(=O)Nc7ccc([S@@](=O)Cc8c(C)ncn8CCC)cc7)c6)cc5)n4CCC)cc3)c2)cc1. The Bertz CT molecular complexity index is 3710. The van der Waals surface area contributed by atoms with Gasteiger partial charge in [0.2, 0.25) is 11.8 Å². The van der Waals surface area contributed by atoms with Gasteiger partial charge in [-0.3, -0.25) is 18.0 Å². The first kappa shape index (κ1) is 67.5. The molecule has 0 fully saturated rings. The average molecular weight is 1260 g/mol. The van der Waals surface area contributed by atoms with Gasteiger partial charge in [-0.1, -0.05) is 63.6 Å². The van der Waals surface area contributed by atoms with Crippen LogP contribution in [0.4, 0.5) is 11.4 Å². The Morgan fingerprint density at radius 3 is 1.48 bits per heavy atom. The largest absolute Gasteiger partial charge is 0.496 e. The molecule has 0 aliphatic rings. The molecule has 18 heteroatoms. The molecule has 8 aromatic rings. The molecule has 2 N–H and O–H groups in total. The first-order chi connectivity index (χ1) is 43.9. The van der Waals surface area contributed by atoms with Gasteiger partial charge in [0.05, 0.1) is 89.6 Å². The highest BCUT2D eigenvalue weighted by Crippen LogP contribution is 2.32. The molecule has 0 saturated heterocycles. The predicted molar refractivity (Wildman–Crippen MR) is 360 cm³/mol. The van der Waals surface area contributed by atoms with Crippen molar-refractivity contribution in [1.29, 1.82) is 0 Å². The number of carbonyl (C=O) groups excluding carboxylic acids is 2. The molecule has 2 aromatic heterocycles. The summed E-state index contributed by atoms with van der Waals surface area (Å²) in [4.78, 5) is 36.9. The van der Waals surface area contributed by atoms with Crippen molar-refractivity contribution in [3.05, 3.63) is 192 Å². The number of nitrogens with one attached hydrogen (secondary N) is 2. The molecule has 474 valence electrons. The van der Waals surface area contributed by atoms with Crippen LogP contribution in [-0.4, -0.2) is 93.2 Å². The van der Waals surface area contributed by atoms with Crippen LogP contribution >= 0.6 is 0 Å². The van der Waals surface area contributed by atoms with Gasteiger partial charge in [0.15, 0.2) is 0 Å². The quantitative estimate of drug-likeness (QED) is 0.0280. The first-order valence-corrected chi connectivity index (χ1v) is 33.5. The van der Waals surface area contributed by atoms with E-state index >= 15 is 0 Å². The van der Waals surface area contributed by atoms with Crippen molar-refractivity contribution in [2.24, 2.45) is 0 Å². The van der Waals surface area contributed by atoms with Gasteiger partial charge in [-0.15, -0.1) is 0 Å². The lowest BCUT2D eigenvalue weighted by Crippen LogP contribution is -2.11. The Kier molecular flexibility index (Phi) is 26.3. The Balaban J connectivity index is 0.739. The van der Waals surface area contributed by atoms with Gasteiger partial charge < -0.3 is 48.2 Å². The van der Waals surface area contributed by atoms with E-state index in [9.17, 15) is 18.0 Å². The molecule has 90 heavy (non-hydrogen) atoms. The monoisotopic (exact) mass is 1260 g/mol. The van der Waals surface area contributed by atoms with Crippen LogP contribution < -0.4 is 29.6 Å². The number of anilines is 2. The first-order valence-electron chi connectivity index (χ1n) is 30.8. The van der Waals surface area contributed by atoms with Gasteiger partial charge in [-0.2, -0.15) is 0 Å². The molecule has 2 amide bonds. The van der Waals surface area contributed by atoms with E-state index in [-0.39, 0.29) is 11.8 Å². The normalized spacial score (nSPS) is 12.1. The number of carbonyl (C=O) groups is 2. The number of aryl methyl sites for hydroxylation is 4. The average Bonchev–Trinajstić information content (AvgIpc) is 2.70. The van der Waals surface area contributed by atoms with Crippen molar-refractivity contribution in [3.8, 4) is 45.3 Å². The van der Waals surface area contributed by atoms with Gasteiger partial charge in [-0.25, -0.2) is 9.97 Å². The molecule has 6 aromatic carbocycles. The highest BCUT2D eigenvalue weighted by Gasteiger charge is 2.19. The third-order valence-corrected chi connectivity index (χ3v) is 17.6. The summed E-state index contributed by atoms with van der Waals surface area (Å²) in [7, 11) is 0.599. The van der Waals surface area contributed by atoms with E-state index < -0.39 is 21.6 Å². The van der Waals surface area contributed by atoms with Gasteiger partial charge >= 0.3 is 0 Å². The maximum Gasteiger partial charge on any atom is 0.248 e. The second-order valence-electron chi connectivity index (χ2n) is 21.6. The summed E-state index contributed by atoms with van der Waals surface area (Å²) < 4.78 is 66.0. The van der Waals surface area contributed by atoms with E-state index in [0.29, 0.717) is 77.2 Å². The lowest BCUT2D eigenvalue weighted by molar-refractivity contribution is -0.112. The van der Waals surface area contributed by atoms with Crippen LogP contribution in [0.3, 0.4) is 0 Å². The highest BCUT2D eigenvalue weighted by molar-refractivity contribution is 7.84. The van der Waals surface area contributed by atoms with Crippen LogP contribution in [0.15, 0.2) is 162 Å². The molecule has 1 unspecified atom stereocenters. The Morgan fingerprint density at radius 2 is 1.00 bits per heavy atom. The summed E-state index contributed by atoms with van der Waals surface area (Å²) in [5.74, 6) is 3.84. The molecule has 2 atom stereocenters. The predicted octanol–water partition coefficient (Wildman–Crippen LogP) is 14.4. The molecule has 0 bridgehead atoms. The standard InChI is InChI=1S/C72H84N6O10S2/c1-8-11-41-85-43-45-87-62-27-15-54(16-28-62)56-19-35-69(84-7)59(47-56)22-38-72(80)76-61-25-33-65(34-26-61)90(82)50-67-53(5)74-70(78(67)40-10-3)14-12-13-42-86-44-46-88-63-29-17-55(18-30-63)57-20-36-68(83-6)58(48-57)21-37-71(79)75-60-23-31-64(32-24-60)89(81)49-66-52(4)73-51-77(66)39-9-2/h15-38,47-48,51H,8-14,39-46,49-50H2,1-7H3,(H,75,79)(H,76,80)/b37-21+,38-22+/t89-,90?/m0/s1. The molecule has 0 aliphatic carbocycles. The number of ether oxygens (including phenoxy) is 6. The van der Waals surface area contributed by atoms with E-state index in [0.717, 1.165) is 138 Å². The second kappa shape index (κ2) is 35.1. The third-order valence-electron chi connectivity index (χ3n) is 15.0. The second-order valence-corrected chi connectivity index (χ2v) is 24.5. The number of methoxy groups -OCH3 is 2. The smallest absolute Gasteiger partial charge is 0.248 e. The number of imidazole rings is 2. The zero-order chi connectivity index (χ0) is 63.6. The van der Waals surface area contributed by atoms with Crippen molar-refractivity contribution in [3.63, 3.8) is 0 Å². The number of rotatable bonds is 36. The molecular formula is C72H84N6O10S2. The summed E-state index contributed by atoms with van der Waals surface area (Å²) in [6.45, 7) is 15.1. The van der Waals surface area contributed by atoms with Crippen molar-refractivity contribution in [2.45, 2.75) is 114 Å². The maximum atomic E-state index is 13.8. The molecule has 0 radical (unpaired) electrons. The van der Waals surface area contributed by atoms with Crippen LogP contribution in [0.2, 0.25) is 0 Å². The van der Waals surface area contributed by atoms with E-state index in [1.54, 1.807) is 81.2 Å². The van der Waals surface area contributed by atoms with E-state index in [2.05, 4.69) is 45.5 Å². The summed E-state index contributed by atoms with van der Waals surface area (Å²) in [6.07, 6.45) is 14.8. The number of hydrogen-bond acceptors (Lipinski definition) is 12. The van der Waals surface area contributed by atoms with Gasteiger partial charge in [0.25, 0.3) is 0 Å². The fraction of sp³-hybridized carbons (Fsp3) is 0.333. The summed E-state index contributed by atoms with van der Waals surface area (Å²) in [6, 6.07) is 41.6. The molecule has 8 rings (SSSR count). The van der Waals surface area contributed by atoms with Crippen molar-refractivity contribution in [2.75, 3.05) is 64.5 Å². The fourth-order valence-electron chi connectivity index (χ4n) is 10.1. The summed E-state index contributed by atoms with van der Waals surface area (Å²) in [5, 5.41) is 5.82. The molecule has 2 heterocycles. The minimum absolute atomic E-state index is 0.308. The van der Waals surface area contributed by atoms with Gasteiger partial charge in [0.1, 0.15) is 42.0 Å². The Hall–Kier alpha value is -8.42. The Labute approximate surface area is 535 Å². The minimum atomic E-state index is -1.34. The molecule has 0 spiro atoms. The topological polar surface area (TPSA) is 183 Å². The van der Waals surface area contributed by atoms with Crippen LogP contribution in [0.5, 0.6) is 23.0 Å². The lowest BCUT2D eigenvalue weighted by Gasteiger charge is -2.12. The fourth-order valence-corrected chi connectivity index (χ4v) is 12.6. The minimum Gasteiger partial charge on any atom is -0.496 e. The number of benzene rings is 6. The van der Waals surface area contributed by atoms with Crippen molar-refractivity contribution < 1.29 is 46.4 Å². The number of nitrogens with zero attached hydrogens (tertiary/aromatic N) is 4. The van der Waals surface area contributed by atoms with Crippen LogP contribution in [0, 0.1) is 13.8 Å². The molecular weight excluding hydrogens is 1170 g/mol. The third kappa shape index (κ3) is 19.8. The van der Waals surface area contributed by atoms with Crippen LogP contribution in [0.25, 0.3) is 34.4 Å². The number of hydrogen-bond donors (Lipinski definition) is 2. The zero-order valence-electron chi connectivity index (χ0n) is 52.8. The summed E-state index contributed by atoms with van der Waals surface area (Å²) in [5.41, 5.74) is 10.3. The number of amides is 2. The number of aromatic nitrogens is 4. The number of unbranched alkanes of at least 4 members (excludes halogenated alkanes) is 2. The van der Waals surface area contributed by atoms with Gasteiger partial charge in [0, 0.05) is 77.2 Å². The molecule has 0 aliphatic heterocycles. The molecule has 0 saturated carbocycles.